The molecule has 0 spiro atoms. The number of aryl methyl sites for hydroxylation is 1. The number of fused-ring (bicyclic) bond motifs is 3. The predicted molar refractivity (Wildman–Crippen MR) is 62.1 cm³/mol. The molecular weight excluding hydrogens is 202 g/mol. The second-order valence-electron chi connectivity index (χ2n) is 4.04. The fourth-order valence-corrected chi connectivity index (χ4v) is 2.14. The first-order valence-electron chi connectivity index (χ1n) is 5.32. The van der Waals surface area contributed by atoms with Gasteiger partial charge in [-0.2, -0.15) is 0 Å². The molecule has 2 heterocycles. The van der Waals surface area contributed by atoms with Crippen molar-refractivity contribution >= 4 is 5.69 Å². The molecular formula is C12H13N3O. The lowest BCUT2D eigenvalue weighted by atomic mass is 10.0. The van der Waals surface area contributed by atoms with Gasteiger partial charge in [0.2, 0.25) is 0 Å². The Bertz CT molecular complexity index is 533. The zero-order chi connectivity index (χ0) is 11.1. The molecule has 0 fully saturated rings. The van der Waals surface area contributed by atoms with E-state index in [1.54, 1.807) is 0 Å². The van der Waals surface area contributed by atoms with Gasteiger partial charge in [-0.1, -0.05) is 23.4 Å². The van der Waals surface area contributed by atoms with Gasteiger partial charge in [0.15, 0.2) is 5.76 Å². The molecule has 0 saturated heterocycles. The van der Waals surface area contributed by atoms with Crippen LogP contribution in [0.2, 0.25) is 0 Å². The highest BCUT2D eigenvalue weighted by molar-refractivity contribution is 5.81. The Morgan fingerprint density at radius 1 is 1.44 bits per heavy atom. The predicted octanol–water partition coefficient (Wildman–Crippen LogP) is 2.08. The van der Waals surface area contributed by atoms with Crippen LogP contribution in [0.3, 0.4) is 0 Å². The molecule has 0 amide bonds. The zero-order valence-electron chi connectivity index (χ0n) is 9.03. The standard InChI is InChI=1S/C12H13N3O/c1-7-11-8-4-2-3-5-10(8)14-6-9(13)12(11)16-15-7/h2-5,9,14H,6,13H2,1H3. The molecule has 1 aromatic carbocycles. The van der Waals surface area contributed by atoms with Crippen molar-refractivity contribution < 1.29 is 4.52 Å². The lowest BCUT2D eigenvalue weighted by Gasteiger charge is -2.07. The van der Waals surface area contributed by atoms with Crippen LogP contribution in [0.5, 0.6) is 0 Å². The van der Waals surface area contributed by atoms with E-state index in [1.165, 1.54) is 0 Å². The van der Waals surface area contributed by atoms with Crippen molar-refractivity contribution in [3.8, 4) is 11.1 Å². The Morgan fingerprint density at radius 2 is 2.25 bits per heavy atom. The molecule has 1 aliphatic rings. The summed E-state index contributed by atoms with van der Waals surface area (Å²) in [6, 6.07) is 7.97. The summed E-state index contributed by atoms with van der Waals surface area (Å²) in [5, 5.41) is 7.33. The molecule has 1 aromatic heterocycles. The molecule has 3 rings (SSSR count). The second kappa shape index (κ2) is 3.35. The first-order valence-corrected chi connectivity index (χ1v) is 5.32. The number of anilines is 1. The van der Waals surface area contributed by atoms with E-state index in [9.17, 15) is 0 Å². The molecule has 0 saturated carbocycles. The normalized spacial score (nSPS) is 18.2. The van der Waals surface area contributed by atoms with E-state index in [1.807, 2.05) is 25.1 Å². The fraction of sp³-hybridized carbons (Fsp3) is 0.250. The molecule has 0 bridgehead atoms. The van der Waals surface area contributed by atoms with Crippen molar-refractivity contribution in [3.63, 3.8) is 0 Å². The van der Waals surface area contributed by atoms with Crippen LogP contribution in [0, 0.1) is 6.92 Å². The van der Waals surface area contributed by atoms with Gasteiger partial charge in [-0.3, -0.25) is 0 Å². The van der Waals surface area contributed by atoms with Crippen molar-refractivity contribution in [3.05, 3.63) is 35.7 Å². The summed E-state index contributed by atoms with van der Waals surface area (Å²) in [4.78, 5) is 0. The monoisotopic (exact) mass is 215 g/mol. The SMILES string of the molecule is Cc1noc2c1-c1ccccc1NCC2N. The van der Waals surface area contributed by atoms with E-state index in [0.717, 1.165) is 28.3 Å². The molecule has 4 nitrogen and oxygen atoms in total. The third kappa shape index (κ3) is 1.23. The van der Waals surface area contributed by atoms with Gasteiger partial charge in [-0.15, -0.1) is 0 Å². The molecule has 1 aliphatic heterocycles. The maximum atomic E-state index is 6.04. The average Bonchev–Trinajstić information content (AvgIpc) is 2.61. The van der Waals surface area contributed by atoms with E-state index < -0.39 is 0 Å². The first-order chi connectivity index (χ1) is 7.77. The molecule has 0 radical (unpaired) electrons. The van der Waals surface area contributed by atoms with Crippen LogP contribution in [0.15, 0.2) is 28.8 Å². The third-order valence-corrected chi connectivity index (χ3v) is 2.93. The summed E-state index contributed by atoms with van der Waals surface area (Å²) in [5.74, 6) is 0.773. The lowest BCUT2D eigenvalue weighted by molar-refractivity contribution is 0.363. The van der Waals surface area contributed by atoms with E-state index in [-0.39, 0.29) is 6.04 Å². The number of aromatic nitrogens is 1. The summed E-state index contributed by atoms with van der Waals surface area (Å²) >= 11 is 0. The average molecular weight is 215 g/mol. The summed E-state index contributed by atoms with van der Waals surface area (Å²) in [5.41, 5.74) is 10.2. The van der Waals surface area contributed by atoms with Crippen LogP contribution in [0.4, 0.5) is 5.69 Å². The fourth-order valence-electron chi connectivity index (χ4n) is 2.14. The van der Waals surface area contributed by atoms with E-state index >= 15 is 0 Å². The van der Waals surface area contributed by atoms with Crippen LogP contribution in [0.25, 0.3) is 11.1 Å². The Balaban J connectivity index is 2.31. The summed E-state index contributed by atoms with van der Waals surface area (Å²) in [6.45, 7) is 2.61. The van der Waals surface area contributed by atoms with Crippen LogP contribution in [-0.2, 0) is 0 Å². The molecule has 0 aliphatic carbocycles. The number of nitrogens with one attached hydrogen (secondary N) is 1. The van der Waals surface area contributed by atoms with Gasteiger partial charge in [-0.25, -0.2) is 0 Å². The highest BCUT2D eigenvalue weighted by atomic mass is 16.5. The van der Waals surface area contributed by atoms with Crippen LogP contribution >= 0.6 is 0 Å². The van der Waals surface area contributed by atoms with E-state index in [4.69, 9.17) is 10.3 Å². The van der Waals surface area contributed by atoms with E-state index in [0.29, 0.717) is 6.54 Å². The van der Waals surface area contributed by atoms with Gasteiger partial charge in [-0.05, 0) is 13.0 Å². The number of hydrogen-bond donors (Lipinski definition) is 2. The molecule has 4 heteroatoms. The van der Waals surface area contributed by atoms with E-state index in [2.05, 4.69) is 16.5 Å². The lowest BCUT2D eigenvalue weighted by Crippen LogP contribution is -2.18. The van der Waals surface area contributed by atoms with Crippen LogP contribution < -0.4 is 11.1 Å². The zero-order valence-corrected chi connectivity index (χ0v) is 9.03. The minimum Gasteiger partial charge on any atom is -0.383 e. The van der Waals surface area contributed by atoms with Gasteiger partial charge >= 0.3 is 0 Å². The Hall–Kier alpha value is -1.81. The Labute approximate surface area is 93.4 Å². The maximum Gasteiger partial charge on any atom is 0.163 e. The molecule has 1 atom stereocenters. The van der Waals surface area contributed by atoms with Gasteiger partial charge < -0.3 is 15.6 Å². The highest BCUT2D eigenvalue weighted by Gasteiger charge is 2.25. The third-order valence-electron chi connectivity index (χ3n) is 2.93. The highest BCUT2D eigenvalue weighted by Crippen LogP contribution is 2.37. The summed E-state index contributed by atoms with van der Waals surface area (Å²) < 4.78 is 5.32. The van der Waals surface area contributed by atoms with Crippen molar-refractivity contribution in [1.82, 2.24) is 5.16 Å². The number of rotatable bonds is 0. The molecule has 1 unspecified atom stereocenters. The summed E-state index contributed by atoms with van der Waals surface area (Å²) in [7, 11) is 0. The van der Waals surface area contributed by atoms with Gasteiger partial charge in [0.25, 0.3) is 0 Å². The number of hydrogen-bond acceptors (Lipinski definition) is 4. The molecule has 16 heavy (non-hydrogen) atoms. The minimum atomic E-state index is -0.149. The van der Waals surface area contributed by atoms with Gasteiger partial charge in [0, 0.05) is 17.8 Å². The van der Waals surface area contributed by atoms with Crippen molar-refractivity contribution in [2.75, 3.05) is 11.9 Å². The number of para-hydroxylation sites is 1. The van der Waals surface area contributed by atoms with Crippen LogP contribution in [0.1, 0.15) is 17.5 Å². The second-order valence-corrected chi connectivity index (χ2v) is 4.04. The van der Waals surface area contributed by atoms with Gasteiger partial charge in [0.05, 0.1) is 17.3 Å². The Kier molecular flexibility index (Phi) is 1.97. The molecule has 82 valence electrons. The summed E-state index contributed by atoms with van der Waals surface area (Å²) in [6.07, 6.45) is 0. The smallest absolute Gasteiger partial charge is 0.163 e. The maximum absolute atomic E-state index is 6.04. The number of nitrogens with zero attached hydrogens (tertiary/aromatic N) is 1. The minimum absolute atomic E-state index is 0.149. The largest absolute Gasteiger partial charge is 0.383 e. The molecule has 3 N–H and O–H groups in total. The number of benzene rings is 1. The Morgan fingerprint density at radius 3 is 3.12 bits per heavy atom. The van der Waals surface area contributed by atoms with Crippen molar-refractivity contribution in [1.29, 1.82) is 0 Å². The van der Waals surface area contributed by atoms with Gasteiger partial charge in [0.1, 0.15) is 0 Å². The van der Waals surface area contributed by atoms with Crippen molar-refractivity contribution in [2.24, 2.45) is 5.73 Å². The quantitative estimate of drug-likeness (QED) is 0.706. The van der Waals surface area contributed by atoms with Crippen molar-refractivity contribution in [2.45, 2.75) is 13.0 Å². The first kappa shape index (κ1) is 9.42. The molecule has 2 aromatic rings. The van der Waals surface area contributed by atoms with Crippen LogP contribution in [-0.4, -0.2) is 11.7 Å². The number of nitrogens with two attached hydrogens (primary N) is 1. The topological polar surface area (TPSA) is 64.1 Å².